The minimum absolute atomic E-state index is 0.0891. The zero-order valence-corrected chi connectivity index (χ0v) is 14.5. The summed E-state index contributed by atoms with van der Waals surface area (Å²) in [7, 11) is 0. The molecule has 0 unspecified atom stereocenters. The third kappa shape index (κ3) is 2.68. The predicted octanol–water partition coefficient (Wildman–Crippen LogP) is 3.58. The van der Waals surface area contributed by atoms with Crippen LogP contribution in [0.5, 0.6) is 5.75 Å². The number of aromatic hydroxyl groups is 1. The lowest BCUT2D eigenvalue weighted by Crippen LogP contribution is -2.37. The number of nitrogens with one attached hydrogen (secondary N) is 1. The standard InChI is InChI=1S/C19H17N3O2S/c1-19(17(24)21-18-22-20-11-25-18)10-13-7-8-14(23)9-15(13)16(19)12-5-3-2-4-6-12/h2-9,11,16,23H,10H2,1H3,(H,21,22,24)/t16-,19+/m0/s1. The van der Waals surface area contributed by atoms with Crippen LogP contribution in [0.3, 0.4) is 0 Å². The van der Waals surface area contributed by atoms with E-state index in [1.807, 2.05) is 43.3 Å². The Morgan fingerprint density at radius 2 is 2.08 bits per heavy atom. The van der Waals surface area contributed by atoms with Crippen molar-refractivity contribution in [2.24, 2.45) is 5.41 Å². The molecule has 0 spiro atoms. The van der Waals surface area contributed by atoms with E-state index in [9.17, 15) is 9.90 Å². The van der Waals surface area contributed by atoms with Crippen molar-refractivity contribution < 1.29 is 9.90 Å². The molecule has 126 valence electrons. The van der Waals surface area contributed by atoms with Gasteiger partial charge in [0.25, 0.3) is 0 Å². The van der Waals surface area contributed by atoms with Gasteiger partial charge < -0.3 is 10.4 Å². The maximum absolute atomic E-state index is 13.1. The second kappa shape index (κ2) is 5.97. The van der Waals surface area contributed by atoms with E-state index < -0.39 is 5.41 Å². The van der Waals surface area contributed by atoms with Gasteiger partial charge in [-0.25, -0.2) is 0 Å². The molecule has 2 atom stereocenters. The second-order valence-corrected chi connectivity index (χ2v) is 7.35. The summed E-state index contributed by atoms with van der Waals surface area (Å²) in [5.41, 5.74) is 4.06. The van der Waals surface area contributed by atoms with Crippen molar-refractivity contribution in [2.45, 2.75) is 19.3 Å². The lowest BCUT2D eigenvalue weighted by Gasteiger charge is -2.30. The summed E-state index contributed by atoms with van der Waals surface area (Å²) in [6.07, 6.45) is 0.604. The maximum Gasteiger partial charge on any atom is 0.233 e. The monoisotopic (exact) mass is 351 g/mol. The largest absolute Gasteiger partial charge is 0.508 e. The number of aromatic nitrogens is 2. The number of amides is 1. The first kappa shape index (κ1) is 15.8. The Bertz CT molecular complexity index is 912. The fourth-order valence-corrected chi connectivity index (χ4v) is 4.16. The van der Waals surface area contributed by atoms with Gasteiger partial charge in [-0.05, 0) is 42.2 Å². The highest BCUT2D eigenvalue weighted by molar-refractivity contribution is 7.13. The van der Waals surface area contributed by atoms with Crippen molar-refractivity contribution in [3.05, 3.63) is 70.7 Å². The molecule has 0 aliphatic heterocycles. The predicted molar refractivity (Wildman–Crippen MR) is 96.7 cm³/mol. The fraction of sp³-hybridized carbons (Fsp3) is 0.211. The van der Waals surface area contributed by atoms with Crippen molar-refractivity contribution in [3.8, 4) is 5.75 Å². The Morgan fingerprint density at radius 1 is 1.28 bits per heavy atom. The Balaban J connectivity index is 1.79. The van der Waals surface area contributed by atoms with E-state index >= 15 is 0 Å². The second-order valence-electron chi connectivity index (χ2n) is 6.52. The zero-order chi connectivity index (χ0) is 17.4. The van der Waals surface area contributed by atoms with Gasteiger partial charge in [-0.1, -0.05) is 47.7 Å². The molecule has 2 aromatic carbocycles. The van der Waals surface area contributed by atoms with Gasteiger partial charge in [0.1, 0.15) is 11.3 Å². The van der Waals surface area contributed by atoms with Crippen molar-refractivity contribution in [1.82, 2.24) is 10.2 Å². The van der Waals surface area contributed by atoms with Crippen molar-refractivity contribution in [1.29, 1.82) is 0 Å². The third-order valence-electron chi connectivity index (χ3n) is 4.87. The summed E-state index contributed by atoms with van der Waals surface area (Å²) in [6, 6.07) is 15.3. The molecule has 0 saturated heterocycles. The van der Waals surface area contributed by atoms with Gasteiger partial charge in [0.2, 0.25) is 11.0 Å². The van der Waals surface area contributed by atoms with E-state index in [2.05, 4.69) is 15.5 Å². The molecule has 5 nitrogen and oxygen atoms in total. The number of anilines is 1. The van der Waals surface area contributed by atoms with Gasteiger partial charge in [0.05, 0.1) is 5.41 Å². The Labute approximate surface area is 149 Å². The van der Waals surface area contributed by atoms with E-state index in [-0.39, 0.29) is 17.6 Å². The molecule has 25 heavy (non-hydrogen) atoms. The van der Waals surface area contributed by atoms with Crippen LogP contribution in [0, 0.1) is 5.41 Å². The highest BCUT2D eigenvalue weighted by atomic mass is 32.1. The summed E-state index contributed by atoms with van der Waals surface area (Å²) < 4.78 is 0. The maximum atomic E-state index is 13.1. The Kier molecular flexibility index (Phi) is 3.77. The molecule has 0 bridgehead atoms. The summed E-state index contributed by atoms with van der Waals surface area (Å²) in [6.45, 7) is 1.97. The van der Waals surface area contributed by atoms with E-state index in [0.717, 1.165) is 16.7 Å². The summed E-state index contributed by atoms with van der Waals surface area (Å²) in [5.74, 6) is -0.00835. The zero-order valence-electron chi connectivity index (χ0n) is 13.6. The topological polar surface area (TPSA) is 75.1 Å². The van der Waals surface area contributed by atoms with Crippen LogP contribution >= 0.6 is 11.3 Å². The van der Waals surface area contributed by atoms with Gasteiger partial charge in [0.15, 0.2) is 0 Å². The number of phenols is 1. The van der Waals surface area contributed by atoms with E-state index in [1.54, 1.807) is 17.6 Å². The average molecular weight is 351 g/mol. The third-order valence-corrected chi connectivity index (χ3v) is 5.47. The minimum atomic E-state index is -0.677. The summed E-state index contributed by atoms with van der Waals surface area (Å²) >= 11 is 1.30. The number of nitrogens with zero attached hydrogens (tertiary/aromatic N) is 2. The van der Waals surface area contributed by atoms with E-state index in [4.69, 9.17) is 0 Å². The molecular formula is C19H17N3O2S. The molecule has 1 amide bonds. The van der Waals surface area contributed by atoms with Crippen LogP contribution in [0.4, 0.5) is 5.13 Å². The summed E-state index contributed by atoms with van der Waals surface area (Å²) in [4.78, 5) is 13.1. The SMILES string of the molecule is C[C@@]1(C(=O)Nc2nncs2)Cc2ccc(O)cc2[C@@H]1c1ccccc1. The van der Waals surface area contributed by atoms with Crippen LogP contribution in [0.2, 0.25) is 0 Å². The average Bonchev–Trinajstić information content (AvgIpc) is 3.21. The van der Waals surface area contributed by atoms with Gasteiger partial charge in [-0.3, -0.25) is 4.79 Å². The van der Waals surface area contributed by atoms with Crippen LogP contribution in [-0.4, -0.2) is 21.2 Å². The Hall–Kier alpha value is -2.73. The molecule has 0 radical (unpaired) electrons. The minimum Gasteiger partial charge on any atom is -0.508 e. The van der Waals surface area contributed by atoms with Crippen molar-refractivity contribution >= 4 is 22.4 Å². The molecule has 3 aromatic rings. The van der Waals surface area contributed by atoms with Gasteiger partial charge in [-0.15, -0.1) is 10.2 Å². The number of fused-ring (bicyclic) bond motifs is 1. The number of benzene rings is 2. The number of hydrogen-bond acceptors (Lipinski definition) is 5. The fourth-order valence-electron chi connectivity index (χ4n) is 3.72. The van der Waals surface area contributed by atoms with Gasteiger partial charge in [-0.2, -0.15) is 0 Å². The highest BCUT2D eigenvalue weighted by Crippen LogP contribution is 2.52. The molecular weight excluding hydrogens is 334 g/mol. The van der Waals surface area contributed by atoms with Crippen LogP contribution < -0.4 is 5.32 Å². The molecule has 1 aliphatic rings. The number of hydrogen-bond donors (Lipinski definition) is 2. The number of carbonyl (C=O) groups is 1. The van der Waals surface area contributed by atoms with Crippen LogP contribution in [0.25, 0.3) is 0 Å². The molecule has 1 aromatic heterocycles. The lowest BCUT2D eigenvalue weighted by atomic mass is 9.73. The number of rotatable bonds is 3. The van der Waals surface area contributed by atoms with Crippen LogP contribution in [0.15, 0.2) is 54.0 Å². The normalized spacial score (nSPS) is 21.7. The van der Waals surface area contributed by atoms with Crippen LogP contribution in [0.1, 0.15) is 29.5 Å². The number of carbonyl (C=O) groups excluding carboxylic acids is 1. The molecule has 4 rings (SSSR count). The molecule has 0 fully saturated rings. The van der Waals surface area contributed by atoms with Crippen LogP contribution in [-0.2, 0) is 11.2 Å². The summed E-state index contributed by atoms with van der Waals surface area (Å²) in [5, 5.41) is 21.0. The molecule has 1 aliphatic carbocycles. The molecule has 6 heteroatoms. The molecule has 0 saturated carbocycles. The van der Waals surface area contributed by atoms with Gasteiger partial charge >= 0.3 is 0 Å². The lowest BCUT2D eigenvalue weighted by molar-refractivity contribution is -0.125. The van der Waals surface area contributed by atoms with Crippen molar-refractivity contribution in [2.75, 3.05) is 5.32 Å². The highest BCUT2D eigenvalue weighted by Gasteiger charge is 2.49. The quantitative estimate of drug-likeness (QED) is 0.756. The van der Waals surface area contributed by atoms with E-state index in [0.29, 0.717) is 11.6 Å². The van der Waals surface area contributed by atoms with Gasteiger partial charge in [0, 0.05) is 5.92 Å². The number of phenolic OH excluding ortho intramolecular Hbond substituents is 1. The first-order valence-electron chi connectivity index (χ1n) is 8.02. The van der Waals surface area contributed by atoms with Crippen molar-refractivity contribution in [3.63, 3.8) is 0 Å². The Morgan fingerprint density at radius 3 is 2.80 bits per heavy atom. The molecule has 2 N–H and O–H groups in total. The first-order chi connectivity index (χ1) is 12.1. The smallest absolute Gasteiger partial charge is 0.233 e. The first-order valence-corrected chi connectivity index (χ1v) is 8.90. The van der Waals surface area contributed by atoms with E-state index in [1.165, 1.54) is 11.3 Å². The molecule has 1 heterocycles.